The van der Waals surface area contributed by atoms with Crippen molar-refractivity contribution < 1.29 is 4.79 Å². The number of carbonyl (C=O) groups is 1. The number of carbonyl (C=O) groups excluding carboxylic acids is 1. The van der Waals surface area contributed by atoms with Gasteiger partial charge in [-0.15, -0.1) is 0 Å². The molecule has 1 atom stereocenters. The van der Waals surface area contributed by atoms with E-state index in [4.69, 9.17) is 0 Å². The van der Waals surface area contributed by atoms with E-state index in [9.17, 15) is 4.79 Å². The third-order valence-corrected chi connectivity index (χ3v) is 4.05. The monoisotopic (exact) mass is 358 g/mol. The minimum Gasteiger partial charge on any atom is -0.335 e. The van der Waals surface area contributed by atoms with Gasteiger partial charge in [0.15, 0.2) is 0 Å². The van der Waals surface area contributed by atoms with Crippen LogP contribution in [0.3, 0.4) is 0 Å². The average molecular weight is 358 g/mol. The quantitative estimate of drug-likeness (QED) is 0.720. The van der Waals surface area contributed by atoms with E-state index >= 15 is 0 Å². The van der Waals surface area contributed by atoms with Crippen molar-refractivity contribution >= 4 is 28.5 Å². The molecule has 1 amide bonds. The van der Waals surface area contributed by atoms with E-state index in [0.29, 0.717) is 0 Å². The van der Waals surface area contributed by atoms with Gasteiger partial charge in [-0.1, -0.05) is 6.07 Å². The Morgan fingerprint density at radius 2 is 2.17 bits per heavy atom. The minimum atomic E-state index is 0.163. The highest BCUT2D eigenvalue weighted by Crippen LogP contribution is 2.15. The molecule has 1 aromatic rings. The fourth-order valence-corrected chi connectivity index (χ4v) is 3.00. The Kier molecular flexibility index (Phi) is 4.61. The summed E-state index contributed by atoms with van der Waals surface area (Å²) in [6, 6.07) is 8.11. The van der Waals surface area contributed by atoms with Crippen LogP contribution in [0, 0.1) is 3.57 Å². The van der Waals surface area contributed by atoms with E-state index in [1.807, 2.05) is 29.2 Å². The fraction of sp³-hybridized carbons (Fsp3) is 0.500. The van der Waals surface area contributed by atoms with Crippen LogP contribution in [0.15, 0.2) is 24.3 Å². The summed E-state index contributed by atoms with van der Waals surface area (Å²) < 4.78 is 1.11. The van der Waals surface area contributed by atoms with Gasteiger partial charge in [0.2, 0.25) is 0 Å². The number of nitrogens with zero attached hydrogens (tertiary/aromatic N) is 2. The highest BCUT2D eigenvalue weighted by molar-refractivity contribution is 14.1. The van der Waals surface area contributed by atoms with E-state index in [1.54, 1.807) is 0 Å². The summed E-state index contributed by atoms with van der Waals surface area (Å²) in [7, 11) is 2.12. The zero-order valence-electron chi connectivity index (χ0n) is 10.9. The molecule has 1 heterocycles. The van der Waals surface area contributed by atoms with Gasteiger partial charge < -0.3 is 9.80 Å². The van der Waals surface area contributed by atoms with Crippen LogP contribution in [0.1, 0.15) is 23.7 Å². The van der Waals surface area contributed by atoms with Gasteiger partial charge in [-0.2, -0.15) is 0 Å². The van der Waals surface area contributed by atoms with Gasteiger partial charge in [0.1, 0.15) is 0 Å². The molecule has 98 valence electrons. The van der Waals surface area contributed by atoms with Gasteiger partial charge in [0.25, 0.3) is 5.91 Å². The standard InChI is InChI=1S/C14H19IN2O/c1-11-10-16(2)7-4-8-17(11)14(18)12-5-3-6-13(15)9-12/h3,5-6,9,11H,4,7-8,10H2,1-2H3. The Hall–Kier alpha value is -0.620. The van der Waals surface area contributed by atoms with Crippen molar-refractivity contribution in [3.05, 3.63) is 33.4 Å². The smallest absolute Gasteiger partial charge is 0.254 e. The van der Waals surface area contributed by atoms with Crippen molar-refractivity contribution in [3.8, 4) is 0 Å². The van der Waals surface area contributed by atoms with E-state index in [0.717, 1.165) is 35.2 Å². The molecule has 18 heavy (non-hydrogen) atoms. The molecule has 0 radical (unpaired) electrons. The summed E-state index contributed by atoms with van der Waals surface area (Å²) in [5, 5.41) is 0. The Morgan fingerprint density at radius 1 is 1.39 bits per heavy atom. The molecule has 1 saturated heterocycles. The normalized spacial score (nSPS) is 21.7. The van der Waals surface area contributed by atoms with E-state index in [-0.39, 0.29) is 11.9 Å². The van der Waals surface area contributed by atoms with Crippen molar-refractivity contribution in [1.29, 1.82) is 0 Å². The second kappa shape index (κ2) is 6.02. The van der Waals surface area contributed by atoms with Gasteiger partial charge in [-0.05, 0) is 67.7 Å². The predicted molar refractivity (Wildman–Crippen MR) is 81.8 cm³/mol. The van der Waals surface area contributed by atoms with Crippen LogP contribution in [0.4, 0.5) is 0 Å². The molecule has 0 aliphatic carbocycles. The molecule has 1 unspecified atom stereocenters. The van der Waals surface area contributed by atoms with Crippen LogP contribution in [0.5, 0.6) is 0 Å². The third kappa shape index (κ3) is 3.23. The third-order valence-electron chi connectivity index (χ3n) is 3.38. The lowest BCUT2D eigenvalue weighted by Gasteiger charge is -2.28. The molecule has 1 aromatic carbocycles. The van der Waals surface area contributed by atoms with Crippen LogP contribution >= 0.6 is 22.6 Å². The Balaban J connectivity index is 2.17. The number of benzene rings is 1. The zero-order chi connectivity index (χ0) is 13.1. The summed E-state index contributed by atoms with van der Waals surface area (Å²) in [6.07, 6.45) is 1.05. The number of halogens is 1. The first kappa shape index (κ1) is 13.8. The van der Waals surface area contributed by atoms with Gasteiger partial charge in [0.05, 0.1) is 0 Å². The molecule has 0 spiro atoms. The second-order valence-electron chi connectivity index (χ2n) is 4.97. The molecular formula is C14H19IN2O. The van der Waals surface area contributed by atoms with E-state index in [2.05, 4.69) is 41.5 Å². The number of amides is 1. The molecule has 3 nitrogen and oxygen atoms in total. The lowest BCUT2D eigenvalue weighted by atomic mass is 10.1. The molecule has 2 rings (SSSR count). The molecular weight excluding hydrogens is 339 g/mol. The SMILES string of the molecule is CC1CN(C)CCCN1C(=O)c1cccc(I)c1. The maximum absolute atomic E-state index is 12.5. The summed E-state index contributed by atoms with van der Waals surface area (Å²) in [6.45, 7) is 5.01. The van der Waals surface area contributed by atoms with Crippen LogP contribution in [0.25, 0.3) is 0 Å². The van der Waals surface area contributed by atoms with Crippen molar-refractivity contribution in [2.75, 3.05) is 26.7 Å². The first-order valence-electron chi connectivity index (χ1n) is 6.33. The van der Waals surface area contributed by atoms with Crippen molar-refractivity contribution in [2.45, 2.75) is 19.4 Å². The number of hydrogen-bond acceptors (Lipinski definition) is 2. The molecule has 0 aromatic heterocycles. The molecule has 4 heteroatoms. The number of hydrogen-bond donors (Lipinski definition) is 0. The molecule has 1 aliphatic rings. The molecule has 0 bridgehead atoms. The molecule has 1 aliphatic heterocycles. The first-order chi connectivity index (χ1) is 8.58. The summed E-state index contributed by atoms with van der Waals surface area (Å²) in [4.78, 5) is 16.8. The van der Waals surface area contributed by atoms with Crippen molar-refractivity contribution in [3.63, 3.8) is 0 Å². The summed E-state index contributed by atoms with van der Waals surface area (Å²) in [5.74, 6) is 0.163. The van der Waals surface area contributed by atoms with Gasteiger partial charge >= 0.3 is 0 Å². The molecule has 0 N–H and O–H groups in total. The molecule has 1 fully saturated rings. The second-order valence-corrected chi connectivity index (χ2v) is 6.22. The van der Waals surface area contributed by atoms with E-state index in [1.165, 1.54) is 0 Å². The summed E-state index contributed by atoms with van der Waals surface area (Å²) >= 11 is 2.25. The minimum absolute atomic E-state index is 0.163. The average Bonchev–Trinajstić information content (AvgIpc) is 2.49. The lowest BCUT2D eigenvalue weighted by Crippen LogP contribution is -2.42. The Morgan fingerprint density at radius 3 is 2.89 bits per heavy atom. The van der Waals surface area contributed by atoms with Gasteiger partial charge in [-0.3, -0.25) is 4.79 Å². The zero-order valence-corrected chi connectivity index (χ0v) is 13.1. The van der Waals surface area contributed by atoms with Crippen LogP contribution in [0.2, 0.25) is 0 Å². The molecule has 0 saturated carbocycles. The number of likely N-dealkylation sites (N-methyl/N-ethyl adjacent to an activating group) is 1. The van der Waals surface area contributed by atoms with Crippen LogP contribution in [-0.2, 0) is 0 Å². The van der Waals surface area contributed by atoms with Crippen LogP contribution in [-0.4, -0.2) is 48.4 Å². The van der Waals surface area contributed by atoms with Gasteiger partial charge in [0, 0.05) is 28.3 Å². The summed E-state index contributed by atoms with van der Waals surface area (Å²) in [5.41, 5.74) is 0.804. The topological polar surface area (TPSA) is 23.6 Å². The largest absolute Gasteiger partial charge is 0.335 e. The maximum atomic E-state index is 12.5. The van der Waals surface area contributed by atoms with E-state index < -0.39 is 0 Å². The predicted octanol–water partition coefficient (Wildman–Crippen LogP) is 2.46. The Labute approximate surface area is 122 Å². The fourth-order valence-electron chi connectivity index (χ4n) is 2.46. The van der Waals surface area contributed by atoms with Crippen LogP contribution < -0.4 is 0 Å². The lowest BCUT2D eigenvalue weighted by molar-refractivity contribution is 0.0696. The number of rotatable bonds is 1. The first-order valence-corrected chi connectivity index (χ1v) is 7.41. The maximum Gasteiger partial charge on any atom is 0.254 e. The van der Waals surface area contributed by atoms with Crippen molar-refractivity contribution in [2.24, 2.45) is 0 Å². The highest BCUT2D eigenvalue weighted by Gasteiger charge is 2.24. The Bertz CT molecular complexity index is 436. The van der Waals surface area contributed by atoms with Gasteiger partial charge in [-0.25, -0.2) is 0 Å². The van der Waals surface area contributed by atoms with Crippen molar-refractivity contribution in [1.82, 2.24) is 9.80 Å². The highest BCUT2D eigenvalue weighted by atomic mass is 127.